The van der Waals surface area contributed by atoms with Gasteiger partial charge in [-0.3, -0.25) is 0 Å². The molecular formula is C18H14F5NO3. The number of rotatable bonds is 3. The van der Waals surface area contributed by atoms with Crippen LogP contribution < -0.4 is 5.32 Å². The number of carbonyl (C=O) groups is 1. The number of hydrogen-bond acceptors (Lipinski definition) is 3. The molecule has 0 unspecified atom stereocenters. The molecule has 0 saturated carbocycles. The standard InChI is InChI=1S/C18H14F5NO3/c1-9-12-7-10(19)8-13(20)15(12)27-14(9)16(18(21,22)23)24-17(25)26-11-5-3-2-4-6-11/h3,5-8,16H,2,4H2,1H3,(H,24,25)/t16-/m1/s1. The lowest BCUT2D eigenvalue weighted by Gasteiger charge is -2.20. The highest BCUT2D eigenvalue weighted by atomic mass is 19.4. The van der Waals surface area contributed by atoms with Gasteiger partial charge in [0.25, 0.3) is 0 Å². The molecule has 0 spiro atoms. The molecule has 1 atom stereocenters. The van der Waals surface area contributed by atoms with Crippen molar-refractivity contribution in [2.75, 3.05) is 0 Å². The van der Waals surface area contributed by atoms with Crippen LogP contribution in [-0.2, 0) is 4.74 Å². The number of aryl methyl sites for hydroxylation is 1. The normalized spacial score (nSPS) is 15.6. The molecule has 1 N–H and O–H groups in total. The molecule has 27 heavy (non-hydrogen) atoms. The molecule has 0 saturated heterocycles. The van der Waals surface area contributed by atoms with Gasteiger partial charge in [-0.2, -0.15) is 13.2 Å². The third-order valence-electron chi connectivity index (χ3n) is 4.02. The number of carbonyl (C=O) groups excluding carboxylic acids is 1. The quantitative estimate of drug-likeness (QED) is 0.700. The van der Waals surface area contributed by atoms with Crippen LogP contribution in [0.3, 0.4) is 0 Å². The summed E-state index contributed by atoms with van der Waals surface area (Å²) in [6, 6.07) is -1.22. The highest BCUT2D eigenvalue weighted by Gasteiger charge is 2.46. The molecule has 2 aromatic rings. The van der Waals surface area contributed by atoms with E-state index in [9.17, 15) is 26.7 Å². The first-order chi connectivity index (χ1) is 12.7. The first-order valence-corrected chi connectivity index (χ1v) is 7.96. The zero-order valence-electron chi connectivity index (χ0n) is 14.0. The van der Waals surface area contributed by atoms with Crippen molar-refractivity contribution in [1.82, 2.24) is 5.32 Å². The van der Waals surface area contributed by atoms with Crippen molar-refractivity contribution in [1.29, 1.82) is 0 Å². The summed E-state index contributed by atoms with van der Waals surface area (Å²) in [7, 11) is 0. The van der Waals surface area contributed by atoms with Crippen molar-refractivity contribution < 1.29 is 35.9 Å². The predicted octanol–water partition coefficient (Wildman–Crippen LogP) is 5.58. The molecule has 1 amide bonds. The van der Waals surface area contributed by atoms with Gasteiger partial charge >= 0.3 is 12.3 Å². The Balaban J connectivity index is 1.94. The molecule has 1 aromatic carbocycles. The minimum absolute atomic E-state index is 0.120. The zero-order chi connectivity index (χ0) is 19.8. The summed E-state index contributed by atoms with van der Waals surface area (Å²) in [5.74, 6) is -2.72. The lowest BCUT2D eigenvalue weighted by atomic mass is 10.1. The van der Waals surface area contributed by atoms with Crippen molar-refractivity contribution in [2.45, 2.75) is 32.0 Å². The van der Waals surface area contributed by atoms with E-state index in [1.54, 1.807) is 17.5 Å². The first kappa shape index (κ1) is 18.9. The van der Waals surface area contributed by atoms with Gasteiger partial charge in [0, 0.05) is 17.0 Å². The van der Waals surface area contributed by atoms with E-state index >= 15 is 0 Å². The fourth-order valence-electron chi connectivity index (χ4n) is 2.75. The van der Waals surface area contributed by atoms with Gasteiger partial charge in [-0.05, 0) is 38.0 Å². The number of alkyl halides is 3. The average Bonchev–Trinajstić information content (AvgIpc) is 2.90. The van der Waals surface area contributed by atoms with Gasteiger partial charge in [-0.25, -0.2) is 13.6 Å². The topological polar surface area (TPSA) is 51.5 Å². The average molecular weight is 387 g/mol. The molecule has 3 rings (SSSR count). The van der Waals surface area contributed by atoms with Crippen LogP contribution in [0.1, 0.15) is 30.2 Å². The third kappa shape index (κ3) is 3.96. The van der Waals surface area contributed by atoms with Gasteiger partial charge in [-0.1, -0.05) is 6.08 Å². The summed E-state index contributed by atoms with van der Waals surface area (Å²) >= 11 is 0. The number of hydrogen-bond donors (Lipinski definition) is 1. The first-order valence-electron chi connectivity index (χ1n) is 7.96. The maximum absolute atomic E-state index is 13.8. The van der Waals surface area contributed by atoms with Crippen molar-refractivity contribution in [3.63, 3.8) is 0 Å². The number of benzene rings is 1. The highest BCUT2D eigenvalue weighted by Crippen LogP contribution is 2.39. The van der Waals surface area contributed by atoms with E-state index in [2.05, 4.69) is 0 Å². The van der Waals surface area contributed by atoms with E-state index in [0.717, 1.165) is 12.5 Å². The van der Waals surface area contributed by atoms with E-state index in [1.807, 2.05) is 0 Å². The number of allylic oxidation sites excluding steroid dienone is 3. The monoisotopic (exact) mass is 387 g/mol. The summed E-state index contributed by atoms with van der Waals surface area (Å²) in [5.41, 5.74) is -0.658. The van der Waals surface area contributed by atoms with Gasteiger partial charge in [0.15, 0.2) is 17.4 Å². The van der Waals surface area contributed by atoms with E-state index in [1.165, 1.54) is 13.0 Å². The Morgan fingerprint density at radius 1 is 1.26 bits per heavy atom. The molecule has 1 aromatic heterocycles. The molecule has 0 aliphatic heterocycles. The Hall–Kier alpha value is -2.84. The molecule has 1 heterocycles. The van der Waals surface area contributed by atoms with Crippen LogP contribution in [0.2, 0.25) is 0 Å². The predicted molar refractivity (Wildman–Crippen MR) is 85.7 cm³/mol. The van der Waals surface area contributed by atoms with E-state index in [-0.39, 0.29) is 16.7 Å². The molecule has 0 radical (unpaired) electrons. The second-order valence-electron chi connectivity index (χ2n) is 5.95. The Morgan fingerprint density at radius 3 is 2.63 bits per heavy atom. The Bertz CT molecular complexity index is 943. The van der Waals surface area contributed by atoms with E-state index in [4.69, 9.17) is 9.15 Å². The van der Waals surface area contributed by atoms with Crippen LogP contribution >= 0.6 is 0 Å². The number of nitrogens with one attached hydrogen (secondary N) is 1. The largest absolute Gasteiger partial charge is 0.455 e. The fourth-order valence-corrected chi connectivity index (χ4v) is 2.75. The molecule has 1 aliphatic rings. The lowest BCUT2D eigenvalue weighted by molar-refractivity contribution is -0.159. The highest BCUT2D eigenvalue weighted by molar-refractivity contribution is 5.83. The number of furan rings is 1. The summed E-state index contributed by atoms with van der Waals surface area (Å²) in [4.78, 5) is 11.9. The van der Waals surface area contributed by atoms with Crippen LogP contribution in [0, 0.1) is 18.6 Å². The fraction of sp³-hybridized carbons (Fsp3) is 0.278. The summed E-state index contributed by atoms with van der Waals surface area (Å²) in [5, 5.41) is 1.54. The van der Waals surface area contributed by atoms with Gasteiger partial charge in [0.1, 0.15) is 17.3 Å². The van der Waals surface area contributed by atoms with Crippen molar-refractivity contribution >= 4 is 17.1 Å². The van der Waals surface area contributed by atoms with Crippen molar-refractivity contribution in [2.24, 2.45) is 0 Å². The minimum atomic E-state index is -4.95. The molecule has 0 fully saturated rings. The number of halogens is 5. The number of amides is 1. The van der Waals surface area contributed by atoms with Crippen molar-refractivity contribution in [3.05, 3.63) is 59.1 Å². The molecule has 4 nitrogen and oxygen atoms in total. The number of fused-ring (bicyclic) bond motifs is 1. The van der Waals surface area contributed by atoms with Gasteiger partial charge < -0.3 is 14.5 Å². The van der Waals surface area contributed by atoms with Crippen LogP contribution in [-0.4, -0.2) is 12.3 Å². The van der Waals surface area contributed by atoms with Crippen LogP contribution in [0.5, 0.6) is 0 Å². The molecule has 1 aliphatic carbocycles. The van der Waals surface area contributed by atoms with Gasteiger partial charge in [0.2, 0.25) is 0 Å². The molecule has 9 heteroatoms. The molecule has 0 bridgehead atoms. The van der Waals surface area contributed by atoms with Crippen LogP contribution in [0.4, 0.5) is 26.7 Å². The summed E-state index contributed by atoms with van der Waals surface area (Å²) < 4.78 is 77.6. The van der Waals surface area contributed by atoms with E-state index in [0.29, 0.717) is 12.5 Å². The summed E-state index contributed by atoms with van der Waals surface area (Å²) in [6.45, 7) is 1.22. The van der Waals surface area contributed by atoms with Crippen LogP contribution in [0.15, 0.2) is 40.5 Å². The molecule has 144 valence electrons. The van der Waals surface area contributed by atoms with Gasteiger partial charge in [-0.15, -0.1) is 0 Å². The second-order valence-corrected chi connectivity index (χ2v) is 5.95. The minimum Gasteiger partial charge on any atom is -0.455 e. The SMILES string of the molecule is Cc1c([C@@H](NC(=O)OC2=CCCC=C2)C(F)(F)F)oc2c(F)cc(F)cc12. The Kier molecular flexibility index (Phi) is 4.95. The van der Waals surface area contributed by atoms with Crippen LogP contribution in [0.25, 0.3) is 11.0 Å². The Labute approximate surface area is 150 Å². The van der Waals surface area contributed by atoms with E-state index < -0.39 is 41.3 Å². The second kappa shape index (κ2) is 7.05. The van der Waals surface area contributed by atoms with Crippen molar-refractivity contribution in [3.8, 4) is 0 Å². The molecular weight excluding hydrogens is 373 g/mol. The van der Waals surface area contributed by atoms with Gasteiger partial charge in [0.05, 0.1) is 0 Å². The smallest absolute Gasteiger partial charge is 0.416 e. The number of ether oxygens (including phenoxy) is 1. The third-order valence-corrected chi connectivity index (χ3v) is 4.02. The lowest BCUT2D eigenvalue weighted by Crippen LogP contribution is -2.38. The number of alkyl carbamates (subject to hydrolysis) is 1. The zero-order valence-corrected chi connectivity index (χ0v) is 14.0. The maximum Gasteiger partial charge on any atom is 0.416 e. The maximum atomic E-state index is 13.8. The Morgan fingerprint density at radius 2 is 2.00 bits per heavy atom. The summed E-state index contributed by atoms with van der Waals surface area (Å²) in [6.07, 6.45) is -0.228.